The first-order chi connectivity index (χ1) is 12.0. The normalized spacial score (nSPS) is 14.4. The number of rotatable bonds is 5. The summed E-state index contributed by atoms with van der Waals surface area (Å²) in [5.74, 6) is -0.530. The predicted octanol–water partition coefficient (Wildman–Crippen LogP) is -0.834. The molecule has 142 valence electrons. The summed E-state index contributed by atoms with van der Waals surface area (Å²) in [7, 11) is -4.00. The van der Waals surface area contributed by atoms with Crippen LogP contribution >= 0.6 is 0 Å². The van der Waals surface area contributed by atoms with Crippen molar-refractivity contribution in [1.29, 1.82) is 0 Å². The molecule has 10 nitrogen and oxygen atoms in total. The number of aromatic nitrogens is 2. The molecule has 1 aromatic heterocycles. The third kappa shape index (κ3) is 4.38. The number of fused-ring (bicyclic) bond motifs is 1. The van der Waals surface area contributed by atoms with E-state index in [0.29, 0.717) is 5.56 Å². The molecule has 0 radical (unpaired) electrons. The molecule has 2 heterocycles. The maximum Gasteiger partial charge on any atom is 1.00 e. The number of anilines is 1. The number of carbonyl (C=O) groups is 1. The van der Waals surface area contributed by atoms with E-state index in [4.69, 9.17) is 9.84 Å². The number of hydrogen-bond donors (Lipinski definition) is 4. The Labute approximate surface area is 164 Å². The number of benzene rings is 1. The molecular weight excluding hydrogens is 458 g/mol. The number of hydrogen-bond acceptors (Lipinski definition) is 6. The number of carbonyl (C=O) groups excluding carboxylic acids is 1. The van der Waals surface area contributed by atoms with Crippen LogP contribution in [0.2, 0.25) is 0 Å². The zero-order valence-corrected chi connectivity index (χ0v) is 15.6. The number of sulfonamides is 1. The van der Waals surface area contributed by atoms with Gasteiger partial charge in [0.05, 0.1) is 13.2 Å². The Morgan fingerprint density at radius 2 is 2.04 bits per heavy atom. The van der Waals surface area contributed by atoms with E-state index < -0.39 is 15.9 Å². The third-order valence-corrected chi connectivity index (χ3v) is 4.54. The molecule has 1 aliphatic rings. The van der Waals surface area contributed by atoms with E-state index in [-0.39, 0.29) is 59.1 Å². The molecule has 0 saturated heterocycles. The summed E-state index contributed by atoms with van der Waals surface area (Å²) in [6.07, 6.45) is 1.39. The number of guanidine groups is 1. The summed E-state index contributed by atoms with van der Waals surface area (Å²) >= 11 is 0. The van der Waals surface area contributed by atoms with Crippen molar-refractivity contribution in [3.63, 3.8) is 0 Å². The number of aliphatic hydroxyl groups is 1. The van der Waals surface area contributed by atoms with E-state index in [9.17, 15) is 13.2 Å². The van der Waals surface area contributed by atoms with E-state index in [1.54, 1.807) is 30.3 Å². The number of nitrogens with zero attached hydrogens (tertiary/aromatic N) is 2. The van der Waals surface area contributed by atoms with Gasteiger partial charge in [0, 0.05) is 5.56 Å². The van der Waals surface area contributed by atoms with E-state index in [0.717, 1.165) is 0 Å². The topological polar surface area (TPSA) is 137 Å². The standard InChI is InChI=1S/C14H15N5O5S.Ag/c20-6-7-24-9-19-8-15-13-11(19)16-14(18-25(13,22)23)17-12(21)10-4-2-1-3-5-10;/h1-5,8,20H,6-7,9H2,(H2,16,17,18,21);/q;+1/p+1. The van der Waals surface area contributed by atoms with Gasteiger partial charge in [-0.2, -0.15) is 8.42 Å². The predicted molar refractivity (Wildman–Crippen MR) is 86.2 cm³/mol. The minimum Gasteiger partial charge on any atom is -0.394 e. The third-order valence-electron chi connectivity index (χ3n) is 3.29. The molecule has 1 amide bonds. The number of ether oxygens (including phenoxy) is 1. The van der Waals surface area contributed by atoms with Crippen molar-refractivity contribution in [1.82, 2.24) is 10.3 Å². The molecule has 1 aromatic carbocycles. The number of aliphatic hydroxyl groups excluding tert-OH is 1. The van der Waals surface area contributed by atoms with Crippen molar-refractivity contribution < 1.29 is 50.0 Å². The number of H-pyrrole nitrogens is 1. The largest absolute Gasteiger partial charge is 1.00 e. The second kappa shape index (κ2) is 8.58. The molecule has 0 spiro atoms. The van der Waals surface area contributed by atoms with Crippen molar-refractivity contribution >= 4 is 27.7 Å². The van der Waals surface area contributed by atoms with Gasteiger partial charge >= 0.3 is 32.4 Å². The first kappa shape index (κ1) is 20.3. The van der Waals surface area contributed by atoms with Gasteiger partial charge in [0.15, 0.2) is 13.1 Å². The van der Waals surface area contributed by atoms with Crippen molar-refractivity contribution in [2.75, 3.05) is 18.5 Å². The zero-order chi connectivity index (χ0) is 17.9. The molecule has 0 saturated carbocycles. The smallest absolute Gasteiger partial charge is 0.394 e. The fourth-order valence-electron chi connectivity index (χ4n) is 2.18. The van der Waals surface area contributed by atoms with Gasteiger partial charge in [-0.25, -0.2) is 9.88 Å². The number of aromatic amines is 1. The minimum atomic E-state index is -4.00. The number of imidazole rings is 1. The van der Waals surface area contributed by atoms with Crippen LogP contribution in [0, 0.1) is 0 Å². The van der Waals surface area contributed by atoms with Crippen molar-refractivity contribution in [3.05, 3.63) is 42.2 Å². The summed E-state index contributed by atoms with van der Waals surface area (Å²) in [4.78, 5) is 14.8. The van der Waals surface area contributed by atoms with Crippen LogP contribution in [0.3, 0.4) is 0 Å². The van der Waals surface area contributed by atoms with E-state index in [1.807, 2.05) is 0 Å². The van der Waals surface area contributed by atoms with Gasteiger partial charge in [0.2, 0.25) is 0 Å². The van der Waals surface area contributed by atoms with Crippen LogP contribution in [-0.4, -0.2) is 43.6 Å². The van der Waals surface area contributed by atoms with Crippen LogP contribution in [0.4, 0.5) is 5.82 Å². The number of nitrogens with one attached hydrogen (secondary N) is 3. The zero-order valence-electron chi connectivity index (χ0n) is 13.3. The summed E-state index contributed by atoms with van der Waals surface area (Å²) in [5.41, 5.74) is 0.364. The maximum absolute atomic E-state index is 12.2. The van der Waals surface area contributed by atoms with Crippen molar-refractivity contribution in [3.8, 4) is 0 Å². The van der Waals surface area contributed by atoms with Crippen LogP contribution in [-0.2, 0) is 43.9 Å². The SMILES string of the molecule is O=C(NC1=NS(=O)(=O)c2[nH]c[n+](COCCO)c2N1)c1ccccc1.[Ag+]. The summed E-state index contributed by atoms with van der Waals surface area (Å²) in [6.45, 7) is -0.0427. The van der Waals surface area contributed by atoms with Crippen LogP contribution in [0.1, 0.15) is 10.4 Å². The molecule has 0 atom stereocenters. The van der Waals surface area contributed by atoms with Crippen LogP contribution < -0.4 is 15.2 Å². The number of amides is 1. The van der Waals surface area contributed by atoms with E-state index >= 15 is 0 Å². The van der Waals surface area contributed by atoms with Gasteiger partial charge in [-0.05, 0) is 12.1 Å². The Hall–Kier alpha value is -2.02. The fraction of sp³-hybridized carbons (Fsp3) is 0.214. The molecule has 2 aromatic rings. The van der Waals surface area contributed by atoms with Gasteiger partial charge in [-0.3, -0.25) is 15.1 Å². The quantitative estimate of drug-likeness (QED) is 0.254. The molecular formula is C14H16AgN5O5S+2. The van der Waals surface area contributed by atoms with Crippen molar-refractivity contribution in [2.45, 2.75) is 11.8 Å². The van der Waals surface area contributed by atoms with Crippen LogP contribution in [0.15, 0.2) is 46.1 Å². The van der Waals surface area contributed by atoms with Crippen LogP contribution in [0.25, 0.3) is 0 Å². The Bertz CT molecular complexity index is 913. The Kier molecular flexibility index (Phi) is 6.69. The molecule has 1 aliphatic heterocycles. The Balaban J connectivity index is 0.00000243. The monoisotopic (exact) mass is 473 g/mol. The molecule has 0 fully saturated rings. The van der Waals surface area contributed by atoms with Gasteiger partial charge < -0.3 is 9.84 Å². The van der Waals surface area contributed by atoms with Gasteiger partial charge in [0.25, 0.3) is 22.7 Å². The van der Waals surface area contributed by atoms with Gasteiger partial charge in [0.1, 0.15) is 0 Å². The Morgan fingerprint density at radius 1 is 1.31 bits per heavy atom. The first-order valence-corrected chi connectivity index (χ1v) is 8.73. The minimum absolute atomic E-state index is 0. The molecule has 4 N–H and O–H groups in total. The Morgan fingerprint density at radius 3 is 2.73 bits per heavy atom. The van der Waals surface area contributed by atoms with Gasteiger partial charge in [-0.15, -0.1) is 4.40 Å². The summed E-state index contributed by atoms with van der Waals surface area (Å²) in [5, 5.41) is 13.8. The summed E-state index contributed by atoms with van der Waals surface area (Å²) in [6, 6.07) is 8.34. The second-order valence-electron chi connectivity index (χ2n) is 5.04. The average Bonchev–Trinajstić information content (AvgIpc) is 2.99. The van der Waals surface area contributed by atoms with Crippen LogP contribution in [0.5, 0.6) is 0 Å². The second-order valence-corrected chi connectivity index (χ2v) is 6.58. The fourth-order valence-corrected chi connectivity index (χ4v) is 3.22. The molecule has 26 heavy (non-hydrogen) atoms. The molecule has 12 heteroatoms. The first-order valence-electron chi connectivity index (χ1n) is 7.29. The molecule has 0 aliphatic carbocycles. The van der Waals surface area contributed by atoms with E-state index in [1.165, 1.54) is 10.9 Å². The average molecular weight is 474 g/mol. The van der Waals surface area contributed by atoms with Gasteiger partial charge in [-0.1, -0.05) is 18.2 Å². The molecule has 3 rings (SSSR count). The molecule has 0 unspecified atom stereocenters. The molecule has 0 bridgehead atoms. The maximum atomic E-state index is 12.2. The van der Waals surface area contributed by atoms with E-state index in [2.05, 4.69) is 20.0 Å². The van der Waals surface area contributed by atoms with Crippen molar-refractivity contribution in [2.24, 2.45) is 4.40 Å². The summed E-state index contributed by atoms with van der Waals surface area (Å²) < 4.78 is 34.7.